The number of hydrogen-bond acceptors (Lipinski definition) is 5. The average Bonchev–Trinajstić information content (AvgIpc) is 3.07. The van der Waals surface area contributed by atoms with Crippen LogP contribution in [-0.4, -0.2) is 36.8 Å². The van der Waals surface area contributed by atoms with Crippen molar-refractivity contribution in [1.82, 2.24) is 15.5 Å². The first-order valence-corrected chi connectivity index (χ1v) is 7.72. The van der Waals surface area contributed by atoms with Crippen molar-refractivity contribution in [3.63, 3.8) is 0 Å². The standard InChI is InChI=1S/C10H17N5O3S/c11-7-8(6-2-3-6)14-15-9(7)10(16)13-4-1-5-19(12,17)18/h6H,1-5,11H2,(H,13,16)(H,14,15)(H2,12,17,18). The number of carbonyl (C=O) groups excluding carboxylic acids is 1. The Morgan fingerprint density at radius 2 is 2.16 bits per heavy atom. The SMILES string of the molecule is Nc1c(C(=O)NCCCS(N)(=O)=O)n[nH]c1C1CC1. The smallest absolute Gasteiger partial charge is 0.273 e. The Labute approximate surface area is 111 Å². The zero-order chi connectivity index (χ0) is 14.0. The van der Waals surface area contributed by atoms with Crippen LogP contribution < -0.4 is 16.2 Å². The summed E-state index contributed by atoms with van der Waals surface area (Å²) in [5, 5.41) is 14.1. The molecule has 0 radical (unpaired) electrons. The molecule has 0 saturated heterocycles. The van der Waals surface area contributed by atoms with Crippen molar-refractivity contribution in [3.8, 4) is 0 Å². The number of carbonyl (C=O) groups is 1. The molecule has 9 heteroatoms. The molecule has 0 atom stereocenters. The first kappa shape index (κ1) is 13.8. The van der Waals surface area contributed by atoms with E-state index in [0.29, 0.717) is 11.6 Å². The predicted molar refractivity (Wildman–Crippen MR) is 69.9 cm³/mol. The number of anilines is 1. The maximum atomic E-state index is 11.8. The summed E-state index contributed by atoms with van der Waals surface area (Å²) in [6.07, 6.45) is 2.37. The highest BCUT2D eigenvalue weighted by molar-refractivity contribution is 7.89. The fourth-order valence-electron chi connectivity index (χ4n) is 1.78. The van der Waals surface area contributed by atoms with E-state index in [1.165, 1.54) is 0 Å². The molecule has 8 nitrogen and oxygen atoms in total. The first-order valence-electron chi connectivity index (χ1n) is 6.01. The molecule has 1 aliphatic rings. The molecular formula is C10H17N5O3S. The molecule has 0 aliphatic heterocycles. The van der Waals surface area contributed by atoms with Gasteiger partial charge in [0.25, 0.3) is 5.91 Å². The summed E-state index contributed by atoms with van der Waals surface area (Å²) in [7, 11) is -3.49. The molecule has 1 amide bonds. The fourth-order valence-corrected chi connectivity index (χ4v) is 2.33. The normalized spacial score (nSPS) is 15.4. The van der Waals surface area contributed by atoms with E-state index in [-0.39, 0.29) is 24.4 Å². The van der Waals surface area contributed by atoms with E-state index in [1.54, 1.807) is 0 Å². The van der Waals surface area contributed by atoms with E-state index in [4.69, 9.17) is 10.9 Å². The number of nitrogen functional groups attached to an aromatic ring is 1. The Kier molecular flexibility index (Phi) is 3.76. The number of aromatic nitrogens is 2. The van der Waals surface area contributed by atoms with Gasteiger partial charge in [-0.1, -0.05) is 0 Å². The fraction of sp³-hybridized carbons (Fsp3) is 0.600. The molecule has 1 aromatic rings. The molecule has 0 bridgehead atoms. The Hall–Kier alpha value is -1.61. The van der Waals surface area contributed by atoms with Gasteiger partial charge in [-0.2, -0.15) is 5.10 Å². The third-order valence-electron chi connectivity index (χ3n) is 2.93. The highest BCUT2D eigenvalue weighted by Gasteiger charge is 2.30. The lowest BCUT2D eigenvalue weighted by Gasteiger charge is -2.03. The van der Waals surface area contributed by atoms with Crippen molar-refractivity contribution in [1.29, 1.82) is 0 Å². The number of sulfonamides is 1. The molecule has 1 aromatic heterocycles. The van der Waals surface area contributed by atoms with E-state index >= 15 is 0 Å². The number of rotatable bonds is 6. The second-order valence-corrected chi connectivity index (χ2v) is 6.38. The molecule has 0 aromatic carbocycles. The molecule has 106 valence electrons. The maximum Gasteiger partial charge on any atom is 0.273 e. The third kappa shape index (κ3) is 3.67. The van der Waals surface area contributed by atoms with E-state index in [2.05, 4.69) is 15.5 Å². The van der Waals surface area contributed by atoms with E-state index < -0.39 is 15.9 Å². The molecule has 1 fully saturated rings. The van der Waals surface area contributed by atoms with Crippen LogP contribution >= 0.6 is 0 Å². The van der Waals surface area contributed by atoms with Crippen LogP contribution in [0.2, 0.25) is 0 Å². The number of aromatic amines is 1. The number of primary sulfonamides is 1. The molecule has 2 rings (SSSR count). The van der Waals surface area contributed by atoms with Crippen LogP contribution in [-0.2, 0) is 10.0 Å². The molecule has 1 heterocycles. The third-order valence-corrected chi connectivity index (χ3v) is 3.78. The zero-order valence-corrected chi connectivity index (χ0v) is 11.2. The summed E-state index contributed by atoms with van der Waals surface area (Å²) in [6.45, 7) is 0.209. The van der Waals surface area contributed by atoms with Crippen LogP contribution in [0.3, 0.4) is 0 Å². The van der Waals surface area contributed by atoms with Crippen molar-refractivity contribution in [2.24, 2.45) is 5.14 Å². The summed E-state index contributed by atoms with van der Waals surface area (Å²) in [6, 6.07) is 0. The lowest BCUT2D eigenvalue weighted by atomic mass is 10.2. The first-order chi connectivity index (χ1) is 8.88. The molecular weight excluding hydrogens is 270 g/mol. The van der Waals surface area contributed by atoms with Crippen LogP contribution in [0.1, 0.15) is 41.4 Å². The number of nitrogens with zero attached hydrogens (tertiary/aromatic N) is 1. The van der Waals surface area contributed by atoms with Gasteiger partial charge in [-0.15, -0.1) is 0 Å². The van der Waals surface area contributed by atoms with Crippen LogP contribution in [0.15, 0.2) is 0 Å². The van der Waals surface area contributed by atoms with Gasteiger partial charge in [0.15, 0.2) is 5.69 Å². The number of hydrogen-bond donors (Lipinski definition) is 4. The van der Waals surface area contributed by atoms with Crippen molar-refractivity contribution in [2.75, 3.05) is 18.0 Å². The van der Waals surface area contributed by atoms with Gasteiger partial charge in [-0.3, -0.25) is 9.89 Å². The minimum atomic E-state index is -3.49. The number of nitrogens with two attached hydrogens (primary N) is 2. The summed E-state index contributed by atoms with van der Waals surface area (Å²) in [5.41, 5.74) is 7.21. The monoisotopic (exact) mass is 287 g/mol. The summed E-state index contributed by atoms with van der Waals surface area (Å²) in [5.74, 6) is -0.192. The van der Waals surface area contributed by atoms with Gasteiger partial charge in [0.05, 0.1) is 17.1 Å². The second kappa shape index (κ2) is 5.17. The highest BCUT2D eigenvalue weighted by Crippen LogP contribution is 2.42. The van der Waals surface area contributed by atoms with E-state index in [1.807, 2.05) is 0 Å². The minimum absolute atomic E-state index is 0.164. The lowest BCUT2D eigenvalue weighted by Crippen LogP contribution is -2.28. The van der Waals surface area contributed by atoms with Crippen LogP contribution in [0, 0.1) is 0 Å². The number of nitrogens with one attached hydrogen (secondary N) is 2. The van der Waals surface area contributed by atoms with E-state index in [0.717, 1.165) is 18.5 Å². The van der Waals surface area contributed by atoms with Gasteiger partial charge < -0.3 is 11.1 Å². The average molecular weight is 287 g/mol. The predicted octanol–water partition coefficient (Wildman–Crippen LogP) is -0.722. The number of amides is 1. The van der Waals surface area contributed by atoms with Crippen LogP contribution in [0.5, 0.6) is 0 Å². The van der Waals surface area contributed by atoms with Crippen molar-refractivity contribution >= 4 is 21.6 Å². The molecule has 0 unspecified atom stereocenters. The van der Waals surface area contributed by atoms with Crippen LogP contribution in [0.25, 0.3) is 0 Å². The largest absolute Gasteiger partial charge is 0.395 e. The summed E-state index contributed by atoms with van der Waals surface area (Å²) in [4.78, 5) is 11.8. The molecule has 0 spiro atoms. The molecule has 1 saturated carbocycles. The van der Waals surface area contributed by atoms with Crippen molar-refractivity contribution in [3.05, 3.63) is 11.4 Å². The second-order valence-electron chi connectivity index (χ2n) is 4.65. The van der Waals surface area contributed by atoms with Gasteiger partial charge in [0.2, 0.25) is 10.0 Å². The Morgan fingerprint density at radius 1 is 1.47 bits per heavy atom. The highest BCUT2D eigenvalue weighted by atomic mass is 32.2. The number of H-pyrrole nitrogens is 1. The molecule has 6 N–H and O–H groups in total. The maximum absolute atomic E-state index is 11.8. The van der Waals surface area contributed by atoms with Gasteiger partial charge in [0, 0.05) is 12.5 Å². The van der Waals surface area contributed by atoms with Crippen molar-refractivity contribution < 1.29 is 13.2 Å². The van der Waals surface area contributed by atoms with Gasteiger partial charge in [0.1, 0.15) is 0 Å². The Morgan fingerprint density at radius 3 is 2.74 bits per heavy atom. The summed E-state index contributed by atoms with van der Waals surface area (Å²) < 4.78 is 21.4. The zero-order valence-electron chi connectivity index (χ0n) is 10.3. The van der Waals surface area contributed by atoms with Gasteiger partial charge >= 0.3 is 0 Å². The summed E-state index contributed by atoms with van der Waals surface area (Å²) >= 11 is 0. The van der Waals surface area contributed by atoms with Gasteiger partial charge in [-0.05, 0) is 19.3 Å². The Balaban J connectivity index is 1.86. The Bertz CT molecular complexity index is 576. The van der Waals surface area contributed by atoms with Gasteiger partial charge in [-0.25, -0.2) is 13.6 Å². The van der Waals surface area contributed by atoms with E-state index in [9.17, 15) is 13.2 Å². The minimum Gasteiger partial charge on any atom is -0.395 e. The topological polar surface area (TPSA) is 144 Å². The lowest BCUT2D eigenvalue weighted by molar-refractivity contribution is 0.0949. The molecule has 1 aliphatic carbocycles. The molecule has 19 heavy (non-hydrogen) atoms. The van der Waals surface area contributed by atoms with Crippen LogP contribution in [0.4, 0.5) is 5.69 Å². The quantitative estimate of drug-likeness (QED) is 0.510. The van der Waals surface area contributed by atoms with Crippen molar-refractivity contribution in [2.45, 2.75) is 25.2 Å².